The molecule has 25 heavy (non-hydrogen) atoms. The molecule has 2 aliphatic heterocycles. The van der Waals surface area contributed by atoms with E-state index in [1.807, 2.05) is 36.1 Å². The number of carbonyl (C=O) groups is 2. The lowest BCUT2D eigenvalue weighted by Crippen LogP contribution is -2.49. The third-order valence-corrected chi connectivity index (χ3v) is 5.45. The van der Waals surface area contributed by atoms with Gasteiger partial charge in [-0.1, -0.05) is 12.1 Å². The Labute approximate surface area is 148 Å². The lowest BCUT2D eigenvalue weighted by atomic mass is 9.79. The second-order valence-electron chi connectivity index (χ2n) is 7.03. The molecule has 0 saturated carbocycles. The van der Waals surface area contributed by atoms with Crippen molar-refractivity contribution in [3.63, 3.8) is 0 Å². The van der Waals surface area contributed by atoms with Crippen LogP contribution in [0, 0.1) is 5.41 Å². The van der Waals surface area contributed by atoms with Crippen LogP contribution in [0.25, 0.3) is 0 Å². The van der Waals surface area contributed by atoms with Gasteiger partial charge in [0.15, 0.2) is 0 Å². The quantitative estimate of drug-likeness (QED) is 0.851. The fraction of sp³-hybridized carbons (Fsp3) is 0.579. The highest BCUT2D eigenvalue weighted by Crippen LogP contribution is 2.31. The van der Waals surface area contributed by atoms with Crippen molar-refractivity contribution >= 4 is 17.5 Å². The van der Waals surface area contributed by atoms with Gasteiger partial charge in [0.05, 0.1) is 11.5 Å². The van der Waals surface area contributed by atoms with Crippen molar-refractivity contribution < 1.29 is 14.3 Å². The van der Waals surface area contributed by atoms with Crippen LogP contribution in [0.3, 0.4) is 0 Å². The maximum Gasteiger partial charge on any atom is 0.228 e. The highest BCUT2D eigenvalue weighted by Gasteiger charge is 2.39. The van der Waals surface area contributed by atoms with Crippen molar-refractivity contribution in [1.82, 2.24) is 5.32 Å². The minimum absolute atomic E-state index is 0.00426. The van der Waals surface area contributed by atoms with Gasteiger partial charge in [-0.15, -0.1) is 0 Å². The van der Waals surface area contributed by atoms with Crippen molar-refractivity contribution in [1.29, 1.82) is 0 Å². The first-order valence-corrected chi connectivity index (χ1v) is 9.05. The number of hydrogen-bond donors (Lipinski definition) is 2. The second kappa shape index (κ2) is 7.54. The molecule has 0 bridgehead atoms. The Bertz CT molecular complexity index is 623. The van der Waals surface area contributed by atoms with Crippen LogP contribution < -0.4 is 16.0 Å². The molecule has 3 rings (SSSR count). The molecule has 6 nitrogen and oxygen atoms in total. The largest absolute Gasteiger partial charge is 0.381 e. The Hall–Kier alpha value is -1.92. The zero-order chi connectivity index (χ0) is 17.9. The van der Waals surface area contributed by atoms with Crippen LogP contribution in [0.5, 0.6) is 0 Å². The van der Waals surface area contributed by atoms with Gasteiger partial charge in [0.2, 0.25) is 11.8 Å². The van der Waals surface area contributed by atoms with Crippen LogP contribution in [-0.2, 0) is 14.3 Å². The number of anilines is 1. The van der Waals surface area contributed by atoms with Crippen LogP contribution in [0.4, 0.5) is 5.69 Å². The van der Waals surface area contributed by atoms with E-state index in [1.165, 1.54) is 0 Å². The zero-order valence-corrected chi connectivity index (χ0v) is 14.8. The summed E-state index contributed by atoms with van der Waals surface area (Å²) in [6.07, 6.45) is 2.87. The average molecular weight is 345 g/mol. The number of rotatable bonds is 5. The summed E-state index contributed by atoms with van der Waals surface area (Å²) in [6.45, 7) is 4.25. The normalized spacial score (nSPS) is 21.2. The summed E-state index contributed by atoms with van der Waals surface area (Å²) < 4.78 is 5.37. The lowest BCUT2D eigenvalue weighted by Gasteiger charge is -2.35. The predicted octanol–water partition coefficient (Wildman–Crippen LogP) is 1.75. The highest BCUT2D eigenvalue weighted by molar-refractivity contribution is 5.95. The topological polar surface area (TPSA) is 84.7 Å². The third kappa shape index (κ3) is 3.70. The number of benzene rings is 1. The highest BCUT2D eigenvalue weighted by atomic mass is 16.5. The molecule has 1 aromatic rings. The fourth-order valence-corrected chi connectivity index (χ4v) is 3.58. The first-order valence-electron chi connectivity index (χ1n) is 9.05. The SMILES string of the molecule is CC(NC(=O)C1(CN)CCOCC1)c1ccc(N2CCCC2=O)cc1. The number of amides is 2. The Balaban J connectivity index is 1.65. The first kappa shape index (κ1) is 17.9. The van der Waals surface area contributed by atoms with E-state index in [0.717, 1.165) is 24.2 Å². The number of nitrogens with two attached hydrogens (primary N) is 1. The van der Waals surface area contributed by atoms with Crippen molar-refractivity contribution in [2.75, 3.05) is 31.2 Å². The number of nitrogens with zero attached hydrogens (tertiary/aromatic N) is 1. The summed E-state index contributed by atoms with van der Waals surface area (Å²) in [5.74, 6) is 0.183. The Morgan fingerprint density at radius 2 is 2.00 bits per heavy atom. The minimum Gasteiger partial charge on any atom is -0.381 e. The van der Waals surface area contributed by atoms with Crippen molar-refractivity contribution in [2.24, 2.45) is 11.1 Å². The molecule has 0 aliphatic carbocycles. The average Bonchev–Trinajstić information content (AvgIpc) is 3.08. The summed E-state index contributed by atoms with van der Waals surface area (Å²) in [6, 6.07) is 7.75. The summed E-state index contributed by atoms with van der Waals surface area (Å²) in [7, 11) is 0. The second-order valence-corrected chi connectivity index (χ2v) is 7.03. The molecule has 2 aliphatic rings. The maximum atomic E-state index is 12.8. The smallest absolute Gasteiger partial charge is 0.228 e. The van der Waals surface area contributed by atoms with E-state index in [-0.39, 0.29) is 17.9 Å². The zero-order valence-electron chi connectivity index (χ0n) is 14.8. The van der Waals surface area contributed by atoms with Crippen LogP contribution in [-0.4, -0.2) is 38.1 Å². The molecule has 2 amide bonds. The molecule has 0 spiro atoms. The van der Waals surface area contributed by atoms with E-state index in [2.05, 4.69) is 5.32 Å². The standard InChI is InChI=1S/C19H27N3O3/c1-14(21-18(24)19(13-20)8-11-25-12-9-19)15-4-6-16(7-5-15)22-10-2-3-17(22)23/h4-7,14H,2-3,8-13,20H2,1H3,(H,21,24). The third-order valence-electron chi connectivity index (χ3n) is 5.45. The van der Waals surface area contributed by atoms with Crippen LogP contribution in [0.2, 0.25) is 0 Å². The van der Waals surface area contributed by atoms with Crippen LogP contribution in [0.1, 0.15) is 44.2 Å². The van der Waals surface area contributed by atoms with Gasteiger partial charge < -0.3 is 20.7 Å². The monoisotopic (exact) mass is 345 g/mol. The molecule has 0 aromatic heterocycles. The van der Waals surface area contributed by atoms with Gasteiger partial charge in [-0.3, -0.25) is 9.59 Å². The van der Waals surface area contributed by atoms with Gasteiger partial charge >= 0.3 is 0 Å². The number of nitrogens with one attached hydrogen (secondary N) is 1. The molecule has 136 valence electrons. The molecule has 2 fully saturated rings. The van der Waals surface area contributed by atoms with E-state index in [1.54, 1.807) is 0 Å². The van der Waals surface area contributed by atoms with E-state index >= 15 is 0 Å². The number of hydrogen-bond acceptors (Lipinski definition) is 4. The Morgan fingerprint density at radius 3 is 2.56 bits per heavy atom. The van der Waals surface area contributed by atoms with Gasteiger partial charge in [0.25, 0.3) is 0 Å². The van der Waals surface area contributed by atoms with Crippen molar-refractivity contribution in [3.8, 4) is 0 Å². The summed E-state index contributed by atoms with van der Waals surface area (Å²) >= 11 is 0. The molecule has 1 atom stereocenters. The van der Waals surface area contributed by atoms with Crippen molar-refractivity contribution in [2.45, 2.75) is 38.6 Å². The van der Waals surface area contributed by atoms with Gasteiger partial charge in [-0.2, -0.15) is 0 Å². The van der Waals surface area contributed by atoms with E-state index in [4.69, 9.17) is 10.5 Å². The molecule has 3 N–H and O–H groups in total. The number of ether oxygens (including phenoxy) is 1. The Morgan fingerprint density at radius 1 is 1.32 bits per heavy atom. The van der Waals surface area contributed by atoms with Crippen molar-refractivity contribution in [3.05, 3.63) is 29.8 Å². The van der Waals surface area contributed by atoms with Crippen LogP contribution >= 0.6 is 0 Å². The molecule has 2 heterocycles. The maximum absolute atomic E-state index is 12.8. The predicted molar refractivity (Wildman–Crippen MR) is 96.1 cm³/mol. The fourth-order valence-electron chi connectivity index (χ4n) is 3.58. The minimum atomic E-state index is -0.519. The first-order chi connectivity index (χ1) is 12.1. The molecular weight excluding hydrogens is 318 g/mol. The van der Waals surface area contributed by atoms with Gasteiger partial charge in [-0.25, -0.2) is 0 Å². The Kier molecular flexibility index (Phi) is 5.39. The summed E-state index contributed by atoms with van der Waals surface area (Å²) in [5.41, 5.74) is 7.32. The summed E-state index contributed by atoms with van der Waals surface area (Å²) in [5, 5.41) is 3.10. The van der Waals surface area contributed by atoms with E-state index in [0.29, 0.717) is 39.0 Å². The summed E-state index contributed by atoms with van der Waals surface area (Å²) in [4.78, 5) is 26.4. The van der Waals surface area contributed by atoms with Crippen LogP contribution in [0.15, 0.2) is 24.3 Å². The molecule has 1 unspecified atom stereocenters. The van der Waals surface area contributed by atoms with Gasteiger partial charge in [-0.05, 0) is 43.9 Å². The van der Waals surface area contributed by atoms with Gasteiger partial charge in [0.1, 0.15) is 0 Å². The lowest BCUT2D eigenvalue weighted by molar-refractivity contribution is -0.136. The van der Waals surface area contributed by atoms with E-state index < -0.39 is 5.41 Å². The molecular formula is C19H27N3O3. The molecule has 2 saturated heterocycles. The molecule has 0 radical (unpaired) electrons. The molecule has 6 heteroatoms. The van der Waals surface area contributed by atoms with E-state index in [9.17, 15) is 9.59 Å². The molecule has 1 aromatic carbocycles. The number of carbonyl (C=O) groups excluding carboxylic acids is 2. The van der Waals surface area contributed by atoms with Gasteiger partial charge in [0, 0.05) is 38.4 Å².